The van der Waals surface area contributed by atoms with E-state index in [0.717, 1.165) is 12.1 Å². The molecule has 6 nitrogen and oxygen atoms in total. The molecule has 25 heavy (non-hydrogen) atoms. The molecular formula is C16H15ClF2N4O2. The van der Waals surface area contributed by atoms with Crippen LogP contribution in [0.2, 0.25) is 5.15 Å². The zero-order valence-electron chi connectivity index (χ0n) is 13.0. The molecule has 1 aromatic heterocycles. The number of piperidine rings is 1. The van der Waals surface area contributed by atoms with E-state index in [4.69, 9.17) is 22.4 Å². The third kappa shape index (κ3) is 3.48. The second kappa shape index (κ2) is 6.79. The van der Waals surface area contributed by atoms with Crippen LogP contribution in [0.4, 0.5) is 20.3 Å². The number of nitrogens with zero attached hydrogens (tertiary/aromatic N) is 3. The zero-order valence-corrected chi connectivity index (χ0v) is 13.8. The highest BCUT2D eigenvalue weighted by molar-refractivity contribution is 6.29. The first-order valence-corrected chi connectivity index (χ1v) is 8.00. The quantitative estimate of drug-likeness (QED) is 0.865. The van der Waals surface area contributed by atoms with Crippen LogP contribution in [-0.2, 0) is 0 Å². The predicted molar refractivity (Wildman–Crippen MR) is 89.0 cm³/mol. The Hall–Kier alpha value is -2.48. The van der Waals surface area contributed by atoms with Crippen LogP contribution in [0.3, 0.4) is 0 Å². The molecular weight excluding hydrogens is 354 g/mol. The number of aromatic carboxylic acids is 1. The van der Waals surface area contributed by atoms with Crippen molar-refractivity contribution in [2.45, 2.75) is 18.8 Å². The number of halogens is 3. The minimum atomic E-state index is -1.38. The van der Waals surface area contributed by atoms with Crippen molar-refractivity contribution >= 4 is 29.1 Å². The maximum absolute atomic E-state index is 14.3. The number of carbonyl (C=O) groups is 1. The van der Waals surface area contributed by atoms with Crippen molar-refractivity contribution < 1.29 is 18.7 Å². The van der Waals surface area contributed by atoms with Gasteiger partial charge in [-0.1, -0.05) is 11.6 Å². The van der Waals surface area contributed by atoms with Gasteiger partial charge in [0.2, 0.25) is 0 Å². The van der Waals surface area contributed by atoms with Crippen LogP contribution < -0.4 is 10.6 Å². The molecule has 0 bridgehead atoms. The van der Waals surface area contributed by atoms with Crippen LogP contribution >= 0.6 is 11.6 Å². The van der Waals surface area contributed by atoms with E-state index in [-0.39, 0.29) is 16.5 Å². The predicted octanol–water partition coefficient (Wildman–Crippen LogP) is 3.07. The molecule has 3 N–H and O–H groups in total. The van der Waals surface area contributed by atoms with Gasteiger partial charge in [0.05, 0.1) is 11.3 Å². The molecule has 2 heterocycles. The average Bonchev–Trinajstić information content (AvgIpc) is 2.56. The summed E-state index contributed by atoms with van der Waals surface area (Å²) in [4.78, 5) is 12.8. The third-order valence-corrected chi connectivity index (χ3v) is 4.45. The number of aromatic nitrogens is 2. The second-order valence-corrected chi connectivity index (χ2v) is 6.27. The summed E-state index contributed by atoms with van der Waals surface area (Å²) in [6, 6.07) is 3.25. The van der Waals surface area contributed by atoms with E-state index < -0.39 is 29.1 Å². The Morgan fingerprint density at radius 2 is 1.96 bits per heavy atom. The van der Waals surface area contributed by atoms with Gasteiger partial charge in [-0.15, -0.1) is 10.2 Å². The Kier molecular flexibility index (Phi) is 4.71. The molecule has 1 aliphatic rings. The normalized spacial score (nSPS) is 17.6. The van der Waals surface area contributed by atoms with E-state index in [1.165, 1.54) is 0 Å². The first kappa shape index (κ1) is 17.3. The van der Waals surface area contributed by atoms with Crippen molar-refractivity contribution in [3.8, 4) is 0 Å². The minimum Gasteiger partial charge on any atom is -0.478 e. The monoisotopic (exact) mass is 368 g/mol. The number of carboxylic acid groups (broad SMARTS) is 1. The summed E-state index contributed by atoms with van der Waals surface area (Å²) >= 11 is 5.86. The largest absolute Gasteiger partial charge is 0.478 e. The number of rotatable bonds is 3. The summed E-state index contributed by atoms with van der Waals surface area (Å²) < 4.78 is 28.7. The number of hydrogen-bond donors (Lipinski definition) is 2. The first-order valence-electron chi connectivity index (χ1n) is 7.62. The average molecular weight is 369 g/mol. The number of hydrogen-bond acceptors (Lipinski definition) is 5. The van der Waals surface area contributed by atoms with Gasteiger partial charge in [0.15, 0.2) is 11.0 Å². The lowest BCUT2D eigenvalue weighted by Crippen LogP contribution is -2.35. The highest BCUT2D eigenvalue weighted by Gasteiger charge is 2.28. The van der Waals surface area contributed by atoms with Gasteiger partial charge in [0.25, 0.3) is 0 Å². The summed E-state index contributed by atoms with van der Waals surface area (Å²) in [7, 11) is 0. The molecule has 1 saturated heterocycles. The lowest BCUT2D eigenvalue weighted by molar-refractivity contribution is 0.0695. The number of nitrogen functional groups attached to an aromatic ring is 1. The molecule has 3 rings (SSSR count). The fourth-order valence-electron chi connectivity index (χ4n) is 3.15. The standard InChI is InChI=1S/C16H15ClF2N4O2/c17-13-6-12(15(20)22-21-13)23-3-1-2-8(7-23)14-10(18)4-9(16(24)25)5-11(14)19/h4-6,8H,1-3,7H2,(H2,20,22)(H,24,25). The maximum Gasteiger partial charge on any atom is 0.335 e. The number of carboxylic acids is 1. The van der Waals surface area contributed by atoms with Gasteiger partial charge in [-0.05, 0) is 25.0 Å². The van der Waals surface area contributed by atoms with Crippen LogP contribution in [0.5, 0.6) is 0 Å². The summed E-state index contributed by atoms with van der Waals surface area (Å²) in [5, 5.41) is 16.5. The number of nitrogens with two attached hydrogens (primary N) is 1. The molecule has 132 valence electrons. The van der Waals surface area contributed by atoms with E-state index in [1.54, 1.807) is 6.07 Å². The van der Waals surface area contributed by atoms with Crippen LogP contribution in [0.1, 0.15) is 34.7 Å². The van der Waals surface area contributed by atoms with Crippen LogP contribution in [0.25, 0.3) is 0 Å². The second-order valence-electron chi connectivity index (χ2n) is 5.88. The molecule has 0 aliphatic carbocycles. The molecule has 1 atom stereocenters. The van der Waals surface area contributed by atoms with Gasteiger partial charge >= 0.3 is 5.97 Å². The highest BCUT2D eigenvalue weighted by atomic mass is 35.5. The van der Waals surface area contributed by atoms with Crippen molar-refractivity contribution in [3.05, 3.63) is 46.1 Å². The first-order chi connectivity index (χ1) is 11.9. The molecule has 0 spiro atoms. The molecule has 2 aromatic rings. The van der Waals surface area contributed by atoms with Crippen LogP contribution in [-0.4, -0.2) is 34.4 Å². The van der Waals surface area contributed by atoms with Crippen LogP contribution in [0, 0.1) is 11.6 Å². The molecule has 0 saturated carbocycles. The van der Waals surface area contributed by atoms with Crippen molar-refractivity contribution in [3.63, 3.8) is 0 Å². The Labute approximate surface area is 147 Å². The van der Waals surface area contributed by atoms with Gasteiger partial charge in [-0.25, -0.2) is 13.6 Å². The van der Waals surface area contributed by atoms with Crippen molar-refractivity contribution in [1.29, 1.82) is 0 Å². The van der Waals surface area contributed by atoms with E-state index in [1.807, 2.05) is 4.90 Å². The molecule has 1 aromatic carbocycles. The van der Waals surface area contributed by atoms with E-state index in [2.05, 4.69) is 10.2 Å². The van der Waals surface area contributed by atoms with Crippen molar-refractivity contribution in [2.24, 2.45) is 0 Å². The Balaban J connectivity index is 1.92. The summed E-state index contributed by atoms with van der Waals surface area (Å²) in [5.41, 5.74) is 5.87. The topological polar surface area (TPSA) is 92.3 Å². The molecule has 9 heteroatoms. The molecule has 1 fully saturated rings. The fourth-order valence-corrected chi connectivity index (χ4v) is 3.29. The third-order valence-electron chi connectivity index (χ3n) is 4.27. The smallest absolute Gasteiger partial charge is 0.335 e. The minimum absolute atomic E-state index is 0.110. The highest BCUT2D eigenvalue weighted by Crippen LogP contribution is 2.35. The van der Waals surface area contributed by atoms with Gasteiger partial charge in [-0.3, -0.25) is 0 Å². The SMILES string of the molecule is Nc1nnc(Cl)cc1N1CCCC(c2c(F)cc(C(=O)O)cc2F)C1. The van der Waals surface area contributed by atoms with Gasteiger partial charge in [0.1, 0.15) is 11.6 Å². The summed E-state index contributed by atoms with van der Waals surface area (Å²) in [5.74, 6) is -3.35. The molecule has 0 amide bonds. The van der Waals surface area contributed by atoms with Gasteiger partial charge in [-0.2, -0.15) is 0 Å². The summed E-state index contributed by atoms with van der Waals surface area (Å²) in [6.07, 6.45) is 1.26. The lowest BCUT2D eigenvalue weighted by atomic mass is 9.89. The van der Waals surface area contributed by atoms with Gasteiger partial charge in [0, 0.05) is 30.6 Å². The van der Waals surface area contributed by atoms with Crippen molar-refractivity contribution in [2.75, 3.05) is 23.7 Å². The fraction of sp³-hybridized carbons (Fsp3) is 0.312. The van der Waals surface area contributed by atoms with E-state index >= 15 is 0 Å². The number of benzene rings is 1. The molecule has 0 radical (unpaired) electrons. The van der Waals surface area contributed by atoms with E-state index in [9.17, 15) is 13.6 Å². The Bertz CT molecular complexity index is 811. The van der Waals surface area contributed by atoms with Crippen LogP contribution in [0.15, 0.2) is 18.2 Å². The number of anilines is 2. The van der Waals surface area contributed by atoms with E-state index in [0.29, 0.717) is 31.6 Å². The van der Waals surface area contributed by atoms with Gasteiger partial charge < -0.3 is 15.7 Å². The maximum atomic E-state index is 14.3. The Morgan fingerprint density at radius 3 is 2.60 bits per heavy atom. The molecule has 1 unspecified atom stereocenters. The lowest BCUT2D eigenvalue weighted by Gasteiger charge is -2.35. The molecule has 1 aliphatic heterocycles. The summed E-state index contributed by atoms with van der Waals surface area (Å²) in [6.45, 7) is 0.950. The Morgan fingerprint density at radius 1 is 1.28 bits per heavy atom. The van der Waals surface area contributed by atoms with Crippen molar-refractivity contribution in [1.82, 2.24) is 10.2 Å². The zero-order chi connectivity index (χ0) is 18.1.